The van der Waals surface area contributed by atoms with Crippen molar-refractivity contribution in [2.24, 2.45) is 52.2 Å². The summed E-state index contributed by atoms with van der Waals surface area (Å²) in [4.78, 5) is 255. The number of carboxylic acids is 3. The fraction of sp³-hybridized carbons (Fsp3) is 0.576. The predicted molar refractivity (Wildman–Crippen MR) is 524 cm³/mol. The van der Waals surface area contributed by atoms with Crippen molar-refractivity contribution in [2.45, 2.75) is 267 Å². The molecule has 0 fully saturated rings. The second-order valence-electron chi connectivity index (χ2n) is 35.1. The summed E-state index contributed by atoms with van der Waals surface area (Å²) in [7, 11) is 1.21. The Morgan fingerprint density at radius 2 is 0.723 bits per heavy atom. The number of hydrogen-bond acceptors (Lipinski definition) is 25. The molecule has 49 heteroatoms. The number of carboxylic acid groups (broad SMARTS) is 3. The first-order valence-electron chi connectivity index (χ1n) is 46.8. The van der Waals surface area contributed by atoms with Crippen LogP contribution in [0.3, 0.4) is 0 Å². The smallest absolute Gasteiger partial charge is 0.326 e. The molecule has 16 atom stereocenters. The van der Waals surface area contributed by atoms with E-state index in [1.165, 1.54) is 18.8 Å². The van der Waals surface area contributed by atoms with E-state index >= 15 is 24.0 Å². The summed E-state index contributed by atoms with van der Waals surface area (Å²) in [6.07, 6.45) is -2.03. The monoisotopic (exact) mass is 2000 g/mol. The number of likely N-dealkylation sites (N-methyl/N-ethyl adjacent to an activating group) is 1. The van der Waals surface area contributed by atoms with Crippen molar-refractivity contribution in [2.75, 3.05) is 51.8 Å². The quantitative estimate of drug-likeness (QED) is 0.0144. The molecule has 782 valence electrons. The molecule has 0 aliphatic carbocycles. The predicted octanol–water partition coefficient (Wildman–Crippen LogP) is -4.34. The first kappa shape index (κ1) is 121. The molecule has 141 heavy (non-hydrogen) atoms. The number of thioether (sulfide) groups is 1. The van der Waals surface area contributed by atoms with Gasteiger partial charge < -0.3 is 145 Å². The normalized spacial score (nSPS) is 14.5. The Morgan fingerprint density at radius 1 is 0.383 bits per heavy atom. The van der Waals surface area contributed by atoms with Crippen molar-refractivity contribution in [1.29, 1.82) is 16.2 Å². The van der Waals surface area contributed by atoms with E-state index in [4.69, 9.17) is 50.6 Å². The number of aliphatic hydroxyl groups is 1. The van der Waals surface area contributed by atoms with Gasteiger partial charge in [0.2, 0.25) is 88.6 Å². The minimum atomic E-state index is -2.07. The van der Waals surface area contributed by atoms with Crippen molar-refractivity contribution in [3.8, 4) is 0 Å². The Labute approximate surface area is 823 Å². The zero-order valence-corrected chi connectivity index (χ0v) is 81.9. The van der Waals surface area contributed by atoms with Crippen LogP contribution in [0.25, 0.3) is 0 Å². The van der Waals surface area contributed by atoms with E-state index in [9.17, 15) is 82.8 Å². The van der Waals surface area contributed by atoms with E-state index < -0.39 is 247 Å². The first-order valence-corrected chi connectivity index (χ1v) is 48.2. The van der Waals surface area contributed by atoms with Crippen LogP contribution in [-0.2, 0) is 106 Å². The molecule has 0 spiro atoms. The van der Waals surface area contributed by atoms with Gasteiger partial charge in [0.1, 0.15) is 84.6 Å². The zero-order chi connectivity index (χ0) is 106. The number of nitrogens with zero attached hydrogens (tertiary/aromatic N) is 1. The topological polar surface area (TPSA) is 812 Å². The molecule has 15 amide bonds. The van der Waals surface area contributed by atoms with E-state index in [0.717, 1.165) is 4.90 Å². The zero-order valence-electron chi connectivity index (χ0n) is 81.1. The van der Waals surface area contributed by atoms with Crippen LogP contribution in [0.2, 0.25) is 0 Å². The van der Waals surface area contributed by atoms with Gasteiger partial charge in [-0.15, -0.1) is 0 Å². The van der Waals surface area contributed by atoms with Gasteiger partial charge in [0.25, 0.3) is 0 Å². The number of carbonyl (C=O) groups excluding carboxylic acids is 15. The first-order chi connectivity index (χ1) is 66.7. The van der Waals surface area contributed by atoms with Crippen LogP contribution in [0.15, 0.2) is 91.0 Å². The van der Waals surface area contributed by atoms with Gasteiger partial charge >= 0.3 is 17.9 Å². The van der Waals surface area contributed by atoms with Crippen LogP contribution in [0.4, 0.5) is 0 Å². The maximum absolute atomic E-state index is 15.4. The van der Waals surface area contributed by atoms with Crippen molar-refractivity contribution < 1.29 is 107 Å². The minimum absolute atomic E-state index is 0.0362. The molecule has 0 bridgehead atoms. The number of amides is 15. The van der Waals surface area contributed by atoms with Crippen LogP contribution in [-0.4, -0.2) is 292 Å². The molecular weight excluding hydrogens is 1850 g/mol. The highest BCUT2D eigenvalue weighted by molar-refractivity contribution is 7.98. The number of nitrogens with two attached hydrogens (primary N) is 6. The Bertz CT molecular complexity index is 4630. The molecule has 3 aromatic rings. The number of unbranched alkanes of at least 4 members (excludes halogenated alkanes) is 1. The van der Waals surface area contributed by atoms with E-state index in [-0.39, 0.29) is 147 Å². The number of carbonyl (C=O) groups is 18. The summed E-state index contributed by atoms with van der Waals surface area (Å²) in [5.74, 6) is -21.6. The molecule has 3 rings (SSSR count). The third kappa shape index (κ3) is 47.6. The van der Waals surface area contributed by atoms with Crippen LogP contribution in [0.1, 0.15) is 174 Å². The molecule has 0 aromatic heterocycles. The highest BCUT2D eigenvalue weighted by atomic mass is 32.2. The molecule has 35 N–H and O–H groups in total. The summed E-state index contributed by atoms with van der Waals surface area (Å²) in [6, 6.07) is 0.743. The third-order valence-corrected chi connectivity index (χ3v) is 23.1. The van der Waals surface area contributed by atoms with Crippen molar-refractivity contribution in [1.82, 2.24) is 90.0 Å². The maximum Gasteiger partial charge on any atom is 0.326 e. The molecule has 0 saturated carbocycles. The maximum atomic E-state index is 15.4. The molecule has 0 aliphatic rings. The number of benzene rings is 3. The minimum Gasteiger partial charge on any atom is -0.481 e. The summed E-state index contributed by atoms with van der Waals surface area (Å²) >= 11 is 1.33. The van der Waals surface area contributed by atoms with Crippen molar-refractivity contribution in [3.05, 3.63) is 108 Å². The summed E-state index contributed by atoms with van der Waals surface area (Å²) in [5, 5.41) is 105. The summed E-state index contributed by atoms with van der Waals surface area (Å²) in [5.41, 5.74) is 35.1. The standard InChI is InChI=1S/C92H146N26O22S/c1-9-53(6)74(87(137)115-64(45-52(4)5)80(130)108-60(35-36-71(95)120)78(128)109-62(89(139)140)32-23-42-104-92(100)101)117-85(135)67(48-56-28-17-12-18-29-56)112-84(134)68(49-73(123)124)113-77(127)59(31-22-41-103-91(98)99)107-82(132)65(46-54-24-13-10-14-25-54)111-83(133)66(47-55-26-15-11-16-27-55)114-86(136)70(33-19-20-39-93)118(7)88(138)69(50-119)116-81(131)63(44-51(2)3)110-76(126)58(30-21-40-102-90(96)97)106-79(129)61(38-43-141-8)105-75(125)57(94)34-37-72(121)122/h10-18,24-29,51-53,57-70,74,119H,9,19-23,30-50,93-94H2,1-8H3,(H2,95,120)(H,105,125)(H,106,129)(H,107,132)(H,108,130)(H,109,128)(H,110,126)(H,111,133)(H,112,134)(H,113,127)(H,114,136)(H,115,137)(H,116,131)(H,117,135)(H,121,122)(H,123,124)(H,139,140)(H4,96,97,102)(H4,98,99,103)(H4,100,101,104)/t53-,57-,58-,59-,60-,61-,62-,63-,64-,65-,66-,67-,68-,69-,70-,74-/m0/s1. The highest BCUT2D eigenvalue weighted by Crippen LogP contribution is 2.19. The van der Waals surface area contributed by atoms with Gasteiger partial charge in [0.15, 0.2) is 17.9 Å². The Morgan fingerprint density at radius 3 is 1.10 bits per heavy atom. The number of primary amides is 1. The van der Waals surface area contributed by atoms with E-state index in [0.29, 0.717) is 28.9 Å². The second kappa shape index (κ2) is 65.2. The molecule has 0 heterocycles. The van der Waals surface area contributed by atoms with E-state index in [1.54, 1.807) is 139 Å². The third-order valence-electron chi connectivity index (χ3n) is 22.5. The summed E-state index contributed by atoms with van der Waals surface area (Å²) in [6.45, 7) is 9.19. The van der Waals surface area contributed by atoms with Crippen LogP contribution >= 0.6 is 11.8 Å². The Balaban J connectivity index is 2.12. The largest absolute Gasteiger partial charge is 0.481 e. The van der Waals surface area contributed by atoms with Gasteiger partial charge in [-0.3, -0.25) is 97.7 Å². The lowest BCUT2D eigenvalue weighted by Crippen LogP contribution is -2.62. The average Bonchev–Trinajstić information content (AvgIpc) is 0.834. The molecule has 0 unspecified atom stereocenters. The van der Waals surface area contributed by atoms with Gasteiger partial charge in [-0.05, 0) is 143 Å². The van der Waals surface area contributed by atoms with Crippen LogP contribution in [0.5, 0.6) is 0 Å². The molecule has 3 aromatic carbocycles. The van der Waals surface area contributed by atoms with Gasteiger partial charge in [0.05, 0.1) is 19.1 Å². The number of hydrogen-bond donors (Lipinski definition) is 29. The number of nitrogens with one attached hydrogen (secondary N) is 19. The van der Waals surface area contributed by atoms with Crippen molar-refractivity contribution in [3.63, 3.8) is 0 Å². The number of guanidine groups is 3. The van der Waals surface area contributed by atoms with Gasteiger partial charge in [-0.25, -0.2) is 4.79 Å². The fourth-order valence-corrected chi connectivity index (χ4v) is 15.1. The second-order valence-corrected chi connectivity index (χ2v) is 36.1. The Hall–Kier alpha value is -13.8. The van der Waals surface area contributed by atoms with E-state index in [1.807, 2.05) is 0 Å². The highest BCUT2D eigenvalue weighted by Gasteiger charge is 2.41. The molecule has 0 radical (unpaired) electrons. The molecular formula is C92H146N26O22S. The average molecular weight is 2000 g/mol. The lowest BCUT2D eigenvalue weighted by Gasteiger charge is -2.32. The van der Waals surface area contributed by atoms with Gasteiger partial charge in [-0.1, -0.05) is 139 Å². The van der Waals surface area contributed by atoms with Crippen molar-refractivity contribution >= 4 is 136 Å². The lowest BCUT2D eigenvalue weighted by atomic mass is 9.95. The number of rotatable bonds is 69. The van der Waals surface area contributed by atoms with E-state index in [2.05, 4.69) is 85.1 Å². The van der Waals surface area contributed by atoms with Crippen LogP contribution in [0, 0.1) is 34.0 Å². The summed E-state index contributed by atoms with van der Waals surface area (Å²) < 4.78 is 0. The van der Waals surface area contributed by atoms with Crippen LogP contribution < -0.4 is 119 Å². The molecule has 0 saturated heterocycles. The SMILES string of the molecule is CC[C@H](C)[C@H](NC(=O)[C@H](Cc1ccccc1)NC(=O)[C@H](CC(=O)O)NC(=O)[C@H](CCCNC(=N)N)NC(=O)[C@H](Cc1ccccc1)NC(=O)[C@H](Cc1ccccc1)NC(=O)[C@H](CCCCN)N(C)C(=O)[C@H](CO)NC(=O)[C@H](CC(C)C)NC(=O)[C@H](CCCNC(=N)N)NC(=O)[C@H](CCSC)NC(=O)[C@@H](N)CCC(=O)O)C(=O)N[C@@H](CC(C)C)C(=O)N[C@@H](CCC(N)=O)C(=O)N[C@@H](CCCNC(=N)N)C(=O)O. The lowest BCUT2D eigenvalue weighted by molar-refractivity contribution is -0.144. The van der Waals surface area contributed by atoms with Gasteiger partial charge in [-0.2, -0.15) is 11.8 Å². The Kier molecular flexibility index (Phi) is 56.1. The fourth-order valence-electron chi connectivity index (χ4n) is 14.6. The molecule has 0 aliphatic heterocycles. The number of aliphatic carboxylic acids is 3. The van der Waals surface area contributed by atoms with Gasteiger partial charge in [0, 0.05) is 58.8 Å². The number of aliphatic hydroxyl groups excluding tert-OH is 1. The molecule has 48 nitrogen and oxygen atoms in total.